The topological polar surface area (TPSA) is 96.2 Å². The first kappa shape index (κ1) is 17.3. The maximum absolute atomic E-state index is 12.1. The largest absolute Gasteiger partial charge is 0.368 e. The van der Waals surface area contributed by atoms with E-state index in [2.05, 4.69) is 25.5 Å². The number of aromatic nitrogens is 2. The first-order chi connectivity index (χ1) is 12.1. The predicted molar refractivity (Wildman–Crippen MR) is 99.9 cm³/mol. The standard InChI is InChI=1S/C17H21ClN6O/c18-14-10-15(23-16(19)22-14)24-9-5-4-8-13(24)11-20-17(25)21-12-6-2-1-3-7-12/h1-3,6-7,10,13H,4-5,8-9,11H2,(H2,19,22,23)(H2,20,21,25). The number of benzene rings is 1. The number of rotatable bonds is 4. The molecule has 2 heterocycles. The highest BCUT2D eigenvalue weighted by Crippen LogP contribution is 2.25. The van der Waals surface area contributed by atoms with Gasteiger partial charge in [0.15, 0.2) is 0 Å². The van der Waals surface area contributed by atoms with Crippen LogP contribution in [-0.4, -0.2) is 35.1 Å². The van der Waals surface area contributed by atoms with E-state index in [1.807, 2.05) is 30.3 Å². The number of para-hydroxylation sites is 1. The van der Waals surface area contributed by atoms with Crippen molar-refractivity contribution in [1.29, 1.82) is 0 Å². The lowest BCUT2D eigenvalue weighted by Gasteiger charge is -2.36. The number of carbonyl (C=O) groups excluding carboxylic acids is 1. The molecule has 0 aliphatic carbocycles. The van der Waals surface area contributed by atoms with Gasteiger partial charge in [-0.3, -0.25) is 0 Å². The van der Waals surface area contributed by atoms with Gasteiger partial charge in [0.1, 0.15) is 11.0 Å². The maximum atomic E-state index is 12.1. The third-order valence-corrected chi connectivity index (χ3v) is 4.34. The zero-order valence-corrected chi connectivity index (χ0v) is 14.5. The van der Waals surface area contributed by atoms with E-state index in [-0.39, 0.29) is 18.0 Å². The number of hydrogen-bond donors (Lipinski definition) is 3. The van der Waals surface area contributed by atoms with Gasteiger partial charge in [0.2, 0.25) is 5.95 Å². The molecule has 1 aromatic carbocycles. The van der Waals surface area contributed by atoms with Crippen molar-refractivity contribution in [2.45, 2.75) is 25.3 Å². The Morgan fingerprint density at radius 1 is 1.28 bits per heavy atom. The van der Waals surface area contributed by atoms with Crippen LogP contribution in [0.15, 0.2) is 36.4 Å². The Bertz CT molecular complexity index is 706. The fourth-order valence-electron chi connectivity index (χ4n) is 2.99. The molecule has 1 aliphatic rings. The average Bonchev–Trinajstić information content (AvgIpc) is 2.60. The summed E-state index contributed by atoms with van der Waals surface area (Å²) >= 11 is 6.00. The minimum atomic E-state index is -0.225. The Labute approximate surface area is 151 Å². The molecule has 0 spiro atoms. The van der Waals surface area contributed by atoms with E-state index < -0.39 is 0 Å². The van der Waals surface area contributed by atoms with E-state index in [1.54, 1.807) is 6.07 Å². The summed E-state index contributed by atoms with van der Waals surface area (Å²) in [6, 6.07) is 11.0. The summed E-state index contributed by atoms with van der Waals surface area (Å²) in [5.74, 6) is 0.856. The molecule has 1 aromatic heterocycles. The van der Waals surface area contributed by atoms with E-state index in [0.717, 1.165) is 31.5 Å². The van der Waals surface area contributed by atoms with Crippen molar-refractivity contribution in [3.8, 4) is 0 Å². The second-order valence-electron chi connectivity index (χ2n) is 5.95. The highest BCUT2D eigenvalue weighted by atomic mass is 35.5. The molecule has 2 amide bonds. The number of nitrogens with zero attached hydrogens (tertiary/aromatic N) is 3. The Morgan fingerprint density at radius 3 is 2.84 bits per heavy atom. The summed E-state index contributed by atoms with van der Waals surface area (Å²) in [5.41, 5.74) is 6.47. The Morgan fingerprint density at radius 2 is 2.08 bits per heavy atom. The smallest absolute Gasteiger partial charge is 0.319 e. The van der Waals surface area contributed by atoms with Crippen molar-refractivity contribution >= 4 is 35.1 Å². The molecular weight excluding hydrogens is 340 g/mol. The molecule has 2 aromatic rings. The lowest BCUT2D eigenvalue weighted by atomic mass is 10.0. The fraction of sp³-hybridized carbons (Fsp3) is 0.353. The summed E-state index contributed by atoms with van der Waals surface area (Å²) in [6.45, 7) is 1.36. The molecule has 3 rings (SSSR count). The highest BCUT2D eigenvalue weighted by Gasteiger charge is 2.24. The molecule has 1 saturated heterocycles. The number of hydrogen-bond acceptors (Lipinski definition) is 5. The molecule has 7 nitrogen and oxygen atoms in total. The van der Waals surface area contributed by atoms with E-state index in [1.165, 1.54) is 0 Å². The lowest BCUT2D eigenvalue weighted by Crippen LogP contribution is -2.48. The van der Waals surface area contributed by atoms with E-state index in [9.17, 15) is 4.79 Å². The number of piperidine rings is 1. The normalized spacial score (nSPS) is 17.2. The molecule has 25 heavy (non-hydrogen) atoms. The molecule has 0 saturated carbocycles. The highest BCUT2D eigenvalue weighted by molar-refractivity contribution is 6.29. The van der Waals surface area contributed by atoms with Crippen molar-refractivity contribution in [2.24, 2.45) is 0 Å². The number of halogens is 1. The van der Waals surface area contributed by atoms with Crippen LogP contribution in [0.2, 0.25) is 5.15 Å². The van der Waals surface area contributed by atoms with Crippen LogP contribution in [0.25, 0.3) is 0 Å². The molecule has 0 bridgehead atoms. The van der Waals surface area contributed by atoms with Crippen LogP contribution in [0.3, 0.4) is 0 Å². The lowest BCUT2D eigenvalue weighted by molar-refractivity contribution is 0.250. The second-order valence-corrected chi connectivity index (χ2v) is 6.34. The van der Waals surface area contributed by atoms with Gasteiger partial charge in [-0.25, -0.2) is 9.78 Å². The number of nitrogens with one attached hydrogen (secondary N) is 2. The van der Waals surface area contributed by atoms with Gasteiger partial charge in [-0.1, -0.05) is 29.8 Å². The van der Waals surface area contributed by atoms with E-state index in [0.29, 0.717) is 17.5 Å². The number of carbonyl (C=O) groups is 1. The number of anilines is 3. The van der Waals surface area contributed by atoms with Gasteiger partial charge in [0.05, 0.1) is 0 Å². The first-order valence-corrected chi connectivity index (χ1v) is 8.66. The SMILES string of the molecule is Nc1nc(Cl)cc(N2CCCCC2CNC(=O)Nc2ccccc2)n1. The summed E-state index contributed by atoms with van der Waals surface area (Å²) in [4.78, 5) is 22.4. The molecule has 1 atom stereocenters. The monoisotopic (exact) mass is 360 g/mol. The Balaban J connectivity index is 1.62. The average molecular weight is 361 g/mol. The summed E-state index contributed by atoms with van der Waals surface area (Å²) in [5, 5.41) is 6.07. The van der Waals surface area contributed by atoms with Crippen LogP contribution < -0.4 is 21.3 Å². The second kappa shape index (κ2) is 8.02. The molecule has 1 aliphatic heterocycles. The van der Waals surface area contributed by atoms with Crippen LogP contribution in [0.1, 0.15) is 19.3 Å². The van der Waals surface area contributed by atoms with Crippen LogP contribution in [0, 0.1) is 0 Å². The summed E-state index contributed by atoms with van der Waals surface area (Å²) in [6.07, 6.45) is 3.14. The maximum Gasteiger partial charge on any atom is 0.319 e. The number of nitrogen functional groups attached to an aromatic ring is 1. The Kier molecular flexibility index (Phi) is 5.55. The quantitative estimate of drug-likeness (QED) is 0.728. The van der Waals surface area contributed by atoms with Gasteiger partial charge in [0.25, 0.3) is 0 Å². The fourth-order valence-corrected chi connectivity index (χ4v) is 3.18. The molecule has 1 fully saturated rings. The predicted octanol–water partition coefficient (Wildman–Crippen LogP) is 2.89. The molecule has 8 heteroatoms. The van der Waals surface area contributed by atoms with Gasteiger partial charge in [0, 0.05) is 30.9 Å². The van der Waals surface area contributed by atoms with E-state index >= 15 is 0 Å². The van der Waals surface area contributed by atoms with Crippen molar-refractivity contribution in [2.75, 3.05) is 29.0 Å². The number of nitrogens with two attached hydrogens (primary N) is 1. The number of urea groups is 1. The van der Waals surface area contributed by atoms with Gasteiger partial charge in [-0.2, -0.15) is 4.98 Å². The Hall–Kier alpha value is -2.54. The summed E-state index contributed by atoms with van der Waals surface area (Å²) < 4.78 is 0. The molecule has 1 unspecified atom stereocenters. The third-order valence-electron chi connectivity index (χ3n) is 4.15. The van der Waals surface area contributed by atoms with Crippen LogP contribution in [0.5, 0.6) is 0 Å². The van der Waals surface area contributed by atoms with Crippen molar-refractivity contribution in [3.05, 3.63) is 41.6 Å². The molecule has 132 valence electrons. The molecular formula is C17H21ClN6O. The first-order valence-electron chi connectivity index (χ1n) is 8.28. The zero-order valence-electron chi connectivity index (χ0n) is 13.8. The van der Waals surface area contributed by atoms with Crippen LogP contribution in [0.4, 0.5) is 22.2 Å². The van der Waals surface area contributed by atoms with Gasteiger partial charge < -0.3 is 21.3 Å². The minimum absolute atomic E-state index is 0.139. The van der Waals surface area contributed by atoms with Gasteiger partial charge >= 0.3 is 6.03 Å². The van der Waals surface area contributed by atoms with Crippen molar-refractivity contribution < 1.29 is 4.79 Å². The van der Waals surface area contributed by atoms with E-state index in [4.69, 9.17) is 17.3 Å². The summed E-state index contributed by atoms with van der Waals surface area (Å²) in [7, 11) is 0. The van der Waals surface area contributed by atoms with Gasteiger partial charge in [-0.05, 0) is 31.4 Å². The van der Waals surface area contributed by atoms with Crippen molar-refractivity contribution in [1.82, 2.24) is 15.3 Å². The van der Waals surface area contributed by atoms with Crippen molar-refractivity contribution in [3.63, 3.8) is 0 Å². The zero-order chi connectivity index (χ0) is 17.6. The van der Waals surface area contributed by atoms with Gasteiger partial charge in [-0.15, -0.1) is 0 Å². The third kappa shape index (κ3) is 4.73. The number of amides is 2. The minimum Gasteiger partial charge on any atom is -0.368 e. The molecule has 0 radical (unpaired) electrons. The van der Waals surface area contributed by atoms with Crippen LogP contribution >= 0.6 is 11.6 Å². The van der Waals surface area contributed by atoms with Crippen LogP contribution in [-0.2, 0) is 0 Å². The molecule has 4 N–H and O–H groups in total.